The van der Waals surface area contributed by atoms with Crippen LogP contribution in [0.1, 0.15) is 38.4 Å². The van der Waals surface area contributed by atoms with E-state index in [9.17, 15) is 9.50 Å². The van der Waals surface area contributed by atoms with E-state index in [1.807, 2.05) is 13.0 Å². The largest absolute Gasteiger partial charge is 0.389 e. The van der Waals surface area contributed by atoms with E-state index in [0.29, 0.717) is 5.56 Å². The Balaban J connectivity index is 2.24. The molecule has 0 amide bonds. The Labute approximate surface area is 114 Å². The van der Waals surface area contributed by atoms with E-state index in [2.05, 4.69) is 4.90 Å². The molecule has 2 atom stereocenters. The van der Waals surface area contributed by atoms with Gasteiger partial charge in [0, 0.05) is 30.9 Å². The number of rotatable bonds is 5. The molecule has 0 saturated carbocycles. The SMILES string of the molecule is CCN(CC1CCCO1)c1cccc(F)c1[C@H](C)O. The average Bonchev–Trinajstić information content (AvgIpc) is 2.88. The van der Waals surface area contributed by atoms with Crippen LogP contribution >= 0.6 is 0 Å². The Bertz CT molecular complexity index is 417. The summed E-state index contributed by atoms with van der Waals surface area (Å²) >= 11 is 0. The third-order valence-corrected chi connectivity index (χ3v) is 3.62. The van der Waals surface area contributed by atoms with E-state index in [1.165, 1.54) is 6.07 Å². The summed E-state index contributed by atoms with van der Waals surface area (Å²) in [5, 5.41) is 9.79. The van der Waals surface area contributed by atoms with Crippen molar-refractivity contribution in [2.45, 2.75) is 38.9 Å². The van der Waals surface area contributed by atoms with Gasteiger partial charge in [0.2, 0.25) is 0 Å². The molecule has 1 unspecified atom stereocenters. The van der Waals surface area contributed by atoms with Crippen LogP contribution in [0.3, 0.4) is 0 Å². The first kappa shape index (κ1) is 14.3. The van der Waals surface area contributed by atoms with Gasteiger partial charge >= 0.3 is 0 Å². The van der Waals surface area contributed by atoms with Crippen molar-refractivity contribution in [3.8, 4) is 0 Å². The van der Waals surface area contributed by atoms with Crippen molar-refractivity contribution < 1.29 is 14.2 Å². The molecule has 0 aliphatic carbocycles. The molecule has 0 radical (unpaired) electrons. The van der Waals surface area contributed by atoms with E-state index in [-0.39, 0.29) is 11.9 Å². The van der Waals surface area contributed by atoms with Crippen LogP contribution in [0.4, 0.5) is 10.1 Å². The number of aliphatic hydroxyl groups is 1. The third-order valence-electron chi connectivity index (χ3n) is 3.62. The van der Waals surface area contributed by atoms with Gasteiger partial charge in [-0.3, -0.25) is 0 Å². The first-order valence-corrected chi connectivity index (χ1v) is 6.96. The maximum absolute atomic E-state index is 13.9. The van der Waals surface area contributed by atoms with Crippen LogP contribution in [0, 0.1) is 5.82 Å². The number of likely N-dealkylation sites (N-methyl/N-ethyl adjacent to an activating group) is 1. The smallest absolute Gasteiger partial charge is 0.131 e. The minimum atomic E-state index is -0.810. The van der Waals surface area contributed by atoms with Crippen LogP contribution in [-0.4, -0.2) is 30.9 Å². The molecule has 1 aromatic rings. The van der Waals surface area contributed by atoms with Crippen LogP contribution in [0.5, 0.6) is 0 Å². The second kappa shape index (κ2) is 6.35. The highest BCUT2D eigenvalue weighted by Crippen LogP contribution is 2.29. The Morgan fingerprint density at radius 2 is 2.32 bits per heavy atom. The summed E-state index contributed by atoms with van der Waals surface area (Å²) in [6, 6.07) is 4.95. The summed E-state index contributed by atoms with van der Waals surface area (Å²) in [4.78, 5) is 2.08. The molecule has 1 aliphatic heterocycles. The average molecular weight is 267 g/mol. The first-order chi connectivity index (χ1) is 9.13. The molecular weight excluding hydrogens is 245 g/mol. The second-order valence-corrected chi connectivity index (χ2v) is 5.02. The number of hydrogen-bond acceptors (Lipinski definition) is 3. The van der Waals surface area contributed by atoms with Crippen molar-refractivity contribution in [2.24, 2.45) is 0 Å². The number of hydrogen-bond donors (Lipinski definition) is 1. The quantitative estimate of drug-likeness (QED) is 0.890. The Kier molecular flexibility index (Phi) is 4.77. The van der Waals surface area contributed by atoms with Crippen LogP contribution in [-0.2, 0) is 4.74 Å². The molecule has 1 fully saturated rings. The van der Waals surface area contributed by atoms with E-state index < -0.39 is 6.10 Å². The number of aliphatic hydroxyl groups excluding tert-OH is 1. The summed E-state index contributed by atoms with van der Waals surface area (Å²) in [5.41, 5.74) is 1.15. The molecule has 0 aromatic heterocycles. The topological polar surface area (TPSA) is 32.7 Å². The number of halogens is 1. The number of anilines is 1. The minimum absolute atomic E-state index is 0.213. The van der Waals surface area contributed by atoms with Crippen LogP contribution in [0.25, 0.3) is 0 Å². The van der Waals surface area contributed by atoms with Crippen molar-refractivity contribution in [1.82, 2.24) is 0 Å². The van der Waals surface area contributed by atoms with Crippen molar-refractivity contribution in [2.75, 3.05) is 24.6 Å². The fraction of sp³-hybridized carbons (Fsp3) is 0.600. The number of ether oxygens (including phenoxy) is 1. The zero-order valence-corrected chi connectivity index (χ0v) is 11.6. The van der Waals surface area contributed by atoms with Crippen molar-refractivity contribution >= 4 is 5.69 Å². The standard InChI is InChI=1S/C15H22FNO2/c1-3-17(10-12-6-5-9-19-12)14-8-4-7-13(16)15(14)11(2)18/h4,7-8,11-12,18H,3,5-6,9-10H2,1-2H3/t11-,12?/m0/s1. The Morgan fingerprint density at radius 3 is 2.89 bits per heavy atom. The molecule has 3 nitrogen and oxygen atoms in total. The Hall–Kier alpha value is -1.13. The molecule has 0 bridgehead atoms. The van der Waals surface area contributed by atoms with Crippen LogP contribution < -0.4 is 4.90 Å². The van der Waals surface area contributed by atoms with Gasteiger partial charge in [-0.2, -0.15) is 0 Å². The lowest BCUT2D eigenvalue weighted by Crippen LogP contribution is -2.33. The zero-order chi connectivity index (χ0) is 13.8. The van der Waals surface area contributed by atoms with Gasteiger partial charge in [-0.25, -0.2) is 4.39 Å². The predicted octanol–water partition coefficient (Wildman–Crippen LogP) is 2.88. The molecule has 1 aromatic carbocycles. The van der Waals surface area contributed by atoms with Gasteiger partial charge in [-0.1, -0.05) is 6.07 Å². The summed E-state index contributed by atoms with van der Waals surface area (Å²) in [6.45, 7) is 5.96. The summed E-state index contributed by atoms with van der Waals surface area (Å²) in [7, 11) is 0. The van der Waals surface area contributed by atoms with Gasteiger partial charge in [0.1, 0.15) is 5.82 Å². The third kappa shape index (κ3) is 3.25. The fourth-order valence-electron chi connectivity index (χ4n) is 2.65. The lowest BCUT2D eigenvalue weighted by atomic mass is 10.1. The Morgan fingerprint density at radius 1 is 1.53 bits per heavy atom. The lowest BCUT2D eigenvalue weighted by molar-refractivity contribution is 0.115. The second-order valence-electron chi connectivity index (χ2n) is 5.02. The molecule has 2 rings (SSSR count). The maximum Gasteiger partial charge on any atom is 0.131 e. The number of benzene rings is 1. The van der Waals surface area contributed by atoms with Crippen molar-refractivity contribution in [3.63, 3.8) is 0 Å². The highest BCUT2D eigenvalue weighted by molar-refractivity contribution is 5.55. The van der Waals surface area contributed by atoms with Gasteiger partial charge in [-0.05, 0) is 38.8 Å². The molecule has 19 heavy (non-hydrogen) atoms. The highest BCUT2D eigenvalue weighted by atomic mass is 19.1. The number of nitrogens with zero attached hydrogens (tertiary/aromatic N) is 1. The lowest BCUT2D eigenvalue weighted by Gasteiger charge is -2.29. The summed E-state index contributed by atoms with van der Waals surface area (Å²) in [5.74, 6) is -0.349. The van der Waals surface area contributed by atoms with Gasteiger partial charge in [-0.15, -0.1) is 0 Å². The van der Waals surface area contributed by atoms with Gasteiger partial charge < -0.3 is 14.7 Å². The molecule has 4 heteroatoms. The summed E-state index contributed by atoms with van der Waals surface area (Å²) in [6.07, 6.45) is 1.55. The highest BCUT2D eigenvalue weighted by Gasteiger charge is 2.22. The molecule has 1 N–H and O–H groups in total. The maximum atomic E-state index is 13.9. The zero-order valence-electron chi connectivity index (χ0n) is 11.6. The van der Waals surface area contributed by atoms with E-state index in [1.54, 1.807) is 13.0 Å². The van der Waals surface area contributed by atoms with Crippen molar-refractivity contribution in [1.29, 1.82) is 0 Å². The predicted molar refractivity (Wildman–Crippen MR) is 73.9 cm³/mol. The van der Waals surface area contributed by atoms with Crippen LogP contribution in [0.2, 0.25) is 0 Å². The van der Waals surface area contributed by atoms with E-state index >= 15 is 0 Å². The normalized spacial score (nSPS) is 20.5. The minimum Gasteiger partial charge on any atom is -0.389 e. The summed E-state index contributed by atoms with van der Waals surface area (Å²) < 4.78 is 19.5. The van der Waals surface area contributed by atoms with Gasteiger partial charge in [0.25, 0.3) is 0 Å². The first-order valence-electron chi connectivity index (χ1n) is 6.96. The van der Waals surface area contributed by atoms with Gasteiger partial charge in [0.15, 0.2) is 0 Å². The fourth-order valence-corrected chi connectivity index (χ4v) is 2.65. The molecule has 1 aliphatic rings. The van der Waals surface area contributed by atoms with Gasteiger partial charge in [0.05, 0.1) is 12.2 Å². The monoisotopic (exact) mass is 267 g/mol. The molecular formula is C15H22FNO2. The van der Waals surface area contributed by atoms with E-state index in [4.69, 9.17) is 4.74 Å². The van der Waals surface area contributed by atoms with Crippen molar-refractivity contribution in [3.05, 3.63) is 29.6 Å². The van der Waals surface area contributed by atoms with Crippen LogP contribution in [0.15, 0.2) is 18.2 Å². The van der Waals surface area contributed by atoms with E-state index in [0.717, 1.165) is 38.2 Å². The molecule has 1 heterocycles. The molecule has 106 valence electrons. The molecule has 0 spiro atoms. The molecule has 1 saturated heterocycles.